The highest BCUT2D eigenvalue weighted by Crippen LogP contribution is 2.31. The minimum absolute atomic E-state index is 0.424. The normalized spacial score (nSPS) is 18.1. The molecule has 2 rings (SSSR count). The van der Waals surface area contributed by atoms with E-state index in [1.807, 2.05) is 0 Å². The van der Waals surface area contributed by atoms with Crippen molar-refractivity contribution in [2.45, 2.75) is 51.4 Å². The quantitative estimate of drug-likeness (QED) is 0.838. The highest BCUT2D eigenvalue weighted by molar-refractivity contribution is 5.24. The maximum Gasteiger partial charge on any atom is 0.416 e. The number of hydrogen-bond acceptors (Lipinski definition) is 1. The van der Waals surface area contributed by atoms with E-state index in [1.54, 1.807) is 12.1 Å². The van der Waals surface area contributed by atoms with E-state index in [2.05, 4.69) is 12.2 Å². The van der Waals surface area contributed by atoms with Crippen LogP contribution >= 0.6 is 0 Å². The molecule has 1 aliphatic rings. The zero-order valence-corrected chi connectivity index (χ0v) is 11.1. The minimum Gasteiger partial charge on any atom is -0.310 e. The maximum absolute atomic E-state index is 12.4. The largest absolute Gasteiger partial charge is 0.416 e. The van der Waals surface area contributed by atoms with Gasteiger partial charge in [-0.1, -0.05) is 31.4 Å². The van der Waals surface area contributed by atoms with Gasteiger partial charge in [0.2, 0.25) is 0 Å². The lowest BCUT2D eigenvalue weighted by Crippen LogP contribution is -2.29. The Morgan fingerprint density at radius 1 is 1.21 bits per heavy atom. The standard InChI is InChI=1S/C15H20F3N/c1-11(9-12-3-2-4-12)19-10-13-5-7-14(8-6-13)15(16,17)18/h5-8,11-12,19H,2-4,9-10H2,1H3. The van der Waals surface area contributed by atoms with Crippen LogP contribution in [0.25, 0.3) is 0 Å². The van der Waals surface area contributed by atoms with E-state index >= 15 is 0 Å². The van der Waals surface area contributed by atoms with Gasteiger partial charge in [-0.15, -0.1) is 0 Å². The summed E-state index contributed by atoms with van der Waals surface area (Å²) < 4.78 is 37.2. The third kappa shape index (κ3) is 4.23. The number of halogens is 3. The number of nitrogens with one attached hydrogen (secondary N) is 1. The molecule has 1 unspecified atom stereocenters. The molecule has 1 atom stereocenters. The van der Waals surface area contributed by atoms with Gasteiger partial charge in [-0.05, 0) is 37.0 Å². The third-order valence-electron chi connectivity index (χ3n) is 3.85. The first-order chi connectivity index (χ1) is 8.95. The molecule has 0 bridgehead atoms. The zero-order valence-electron chi connectivity index (χ0n) is 11.1. The molecule has 0 heterocycles. The van der Waals surface area contributed by atoms with E-state index in [4.69, 9.17) is 0 Å². The molecule has 1 aliphatic carbocycles. The van der Waals surface area contributed by atoms with Crippen LogP contribution in [-0.4, -0.2) is 6.04 Å². The molecule has 0 radical (unpaired) electrons. The van der Waals surface area contributed by atoms with Gasteiger partial charge in [-0.3, -0.25) is 0 Å². The number of rotatable bonds is 5. The summed E-state index contributed by atoms with van der Waals surface area (Å²) in [7, 11) is 0. The summed E-state index contributed by atoms with van der Waals surface area (Å²) >= 11 is 0. The average Bonchev–Trinajstić information content (AvgIpc) is 2.31. The summed E-state index contributed by atoms with van der Waals surface area (Å²) in [6.45, 7) is 2.77. The van der Waals surface area contributed by atoms with Gasteiger partial charge >= 0.3 is 6.18 Å². The lowest BCUT2D eigenvalue weighted by Gasteiger charge is -2.28. The molecule has 1 aromatic rings. The van der Waals surface area contributed by atoms with Gasteiger partial charge in [0.15, 0.2) is 0 Å². The molecule has 0 amide bonds. The van der Waals surface area contributed by atoms with Crippen molar-refractivity contribution in [3.8, 4) is 0 Å². The Labute approximate surface area is 112 Å². The van der Waals surface area contributed by atoms with Crippen molar-refractivity contribution < 1.29 is 13.2 Å². The van der Waals surface area contributed by atoms with Gasteiger partial charge in [0.05, 0.1) is 5.56 Å². The molecule has 0 saturated heterocycles. The van der Waals surface area contributed by atoms with E-state index < -0.39 is 11.7 Å². The number of hydrogen-bond donors (Lipinski definition) is 1. The summed E-state index contributed by atoms with van der Waals surface area (Å²) in [5, 5.41) is 3.37. The molecule has 0 spiro atoms. The lowest BCUT2D eigenvalue weighted by molar-refractivity contribution is -0.137. The molecule has 106 valence electrons. The Morgan fingerprint density at radius 3 is 2.32 bits per heavy atom. The van der Waals surface area contributed by atoms with Crippen molar-refractivity contribution in [2.24, 2.45) is 5.92 Å². The van der Waals surface area contributed by atoms with Crippen LogP contribution in [-0.2, 0) is 12.7 Å². The first kappa shape index (κ1) is 14.4. The fourth-order valence-electron chi connectivity index (χ4n) is 2.42. The molecule has 1 nitrogen and oxygen atoms in total. The summed E-state index contributed by atoms with van der Waals surface area (Å²) in [5.41, 5.74) is 0.312. The molecule has 19 heavy (non-hydrogen) atoms. The summed E-state index contributed by atoms with van der Waals surface area (Å²) in [6.07, 6.45) is 0.916. The fraction of sp³-hybridized carbons (Fsp3) is 0.600. The highest BCUT2D eigenvalue weighted by atomic mass is 19.4. The maximum atomic E-state index is 12.4. The third-order valence-corrected chi connectivity index (χ3v) is 3.85. The van der Waals surface area contributed by atoms with Crippen molar-refractivity contribution in [3.63, 3.8) is 0 Å². The van der Waals surface area contributed by atoms with Crippen molar-refractivity contribution >= 4 is 0 Å². The molecule has 1 fully saturated rings. The van der Waals surface area contributed by atoms with E-state index in [0.29, 0.717) is 12.6 Å². The van der Waals surface area contributed by atoms with Crippen molar-refractivity contribution in [2.75, 3.05) is 0 Å². The second kappa shape index (κ2) is 5.95. The second-order valence-electron chi connectivity index (χ2n) is 5.51. The van der Waals surface area contributed by atoms with Crippen molar-refractivity contribution in [1.29, 1.82) is 0 Å². The topological polar surface area (TPSA) is 12.0 Å². The molecule has 1 saturated carbocycles. The molecule has 1 N–H and O–H groups in total. The van der Waals surface area contributed by atoms with E-state index in [-0.39, 0.29) is 0 Å². The van der Waals surface area contributed by atoms with Crippen LogP contribution < -0.4 is 5.32 Å². The van der Waals surface area contributed by atoms with E-state index in [1.165, 1.54) is 25.7 Å². The predicted octanol–water partition coefficient (Wildman–Crippen LogP) is 4.37. The van der Waals surface area contributed by atoms with Gasteiger partial charge in [0.25, 0.3) is 0 Å². The Bertz CT molecular complexity index is 393. The minimum atomic E-state index is -4.25. The molecular weight excluding hydrogens is 251 g/mol. The van der Waals surface area contributed by atoms with Crippen molar-refractivity contribution in [3.05, 3.63) is 35.4 Å². The first-order valence-electron chi connectivity index (χ1n) is 6.84. The first-order valence-corrected chi connectivity index (χ1v) is 6.84. The van der Waals surface area contributed by atoms with Crippen LogP contribution in [0.2, 0.25) is 0 Å². The summed E-state index contributed by atoms with van der Waals surface area (Å²) in [5.74, 6) is 0.843. The average molecular weight is 271 g/mol. The number of alkyl halides is 3. The van der Waals surface area contributed by atoms with Crippen LogP contribution in [0.4, 0.5) is 13.2 Å². The van der Waals surface area contributed by atoms with Gasteiger partial charge < -0.3 is 5.32 Å². The van der Waals surface area contributed by atoms with Gasteiger partial charge in [-0.25, -0.2) is 0 Å². The van der Waals surface area contributed by atoms with Crippen molar-refractivity contribution in [1.82, 2.24) is 5.32 Å². The van der Waals surface area contributed by atoms with Crippen LogP contribution in [0.15, 0.2) is 24.3 Å². The van der Waals surface area contributed by atoms with E-state index in [0.717, 1.165) is 23.6 Å². The Kier molecular flexibility index (Phi) is 4.50. The Hall–Kier alpha value is -1.03. The Balaban J connectivity index is 1.79. The molecule has 0 aliphatic heterocycles. The molecular formula is C15H20F3N. The summed E-state index contributed by atoms with van der Waals surface area (Å²) in [6, 6.07) is 5.81. The van der Waals surface area contributed by atoms with Crippen LogP contribution in [0.3, 0.4) is 0 Å². The second-order valence-corrected chi connectivity index (χ2v) is 5.51. The van der Waals surface area contributed by atoms with E-state index in [9.17, 15) is 13.2 Å². The molecule has 4 heteroatoms. The smallest absolute Gasteiger partial charge is 0.310 e. The predicted molar refractivity (Wildman–Crippen MR) is 69.7 cm³/mol. The Morgan fingerprint density at radius 2 is 1.84 bits per heavy atom. The van der Waals surface area contributed by atoms with Gasteiger partial charge in [0, 0.05) is 12.6 Å². The fourth-order valence-corrected chi connectivity index (χ4v) is 2.42. The SMILES string of the molecule is CC(CC1CCC1)NCc1ccc(C(F)(F)F)cc1. The molecule has 1 aromatic carbocycles. The van der Waals surface area contributed by atoms with Crippen LogP contribution in [0.5, 0.6) is 0 Å². The molecule has 0 aromatic heterocycles. The number of benzene rings is 1. The zero-order chi connectivity index (χ0) is 13.9. The van der Waals surface area contributed by atoms with Crippen LogP contribution in [0, 0.1) is 5.92 Å². The monoisotopic (exact) mass is 271 g/mol. The highest BCUT2D eigenvalue weighted by Gasteiger charge is 2.29. The summed E-state index contributed by atoms with van der Waals surface area (Å²) in [4.78, 5) is 0. The van der Waals surface area contributed by atoms with Crippen LogP contribution in [0.1, 0.15) is 43.7 Å². The van der Waals surface area contributed by atoms with Gasteiger partial charge in [-0.2, -0.15) is 13.2 Å². The lowest BCUT2D eigenvalue weighted by atomic mass is 9.81. The van der Waals surface area contributed by atoms with Gasteiger partial charge in [0.1, 0.15) is 0 Å².